The van der Waals surface area contributed by atoms with E-state index in [0.717, 1.165) is 10.2 Å². The van der Waals surface area contributed by atoms with Crippen LogP contribution in [0.2, 0.25) is 10.0 Å². The third-order valence-electron chi connectivity index (χ3n) is 1.95. The number of hydrogen-bond acceptors (Lipinski definition) is 2. The molecule has 1 N–H and O–H groups in total. The second kappa shape index (κ2) is 6.28. The molecule has 0 spiro atoms. The third-order valence-corrected chi connectivity index (χ3v) is 3.00. The maximum atomic E-state index is 6.09. The summed E-state index contributed by atoms with van der Waals surface area (Å²) in [4.78, 5) is 0. The van der Waals surface area contributed by atoms with E-state index in [2.05, 4.69) is 21.2 Å². The topological polar surface area (TPSA) is 21.3 Å². The lowest BCUT2D eigenvalue weighted by Crippen LogP contribution is -2.23. The van der Waals surface area contributed by atoms with Crippen molar-refractivity contribution < 1.29 is 4.74 Å². The molecule has 1 aromatic carbocycles. The fourth-order valence-corrected chi connectivity index (χ4v) is 2.59. The molecule has 0 aromatic heterocycles. The van der Waals surface area contributed by atoms with Crippen LogP contribution in [0.1, 0.15) is 20.8 Å². The molecule has 0 fully saturated rings. The lowest BCUT2D eigenvalue weighted by atomic mass is 10.2. The Bertz CT molecular complexity index is 368. The summed E-state index contributed by atoms with van der Waals surface area (Å²) in [6, 6.07) is 3.61. The SMILES string of the molecule is CC(C)(C)OCCNc1c(Cl)cc(Br)cc1Cl. The Morgan fingerprint density at radius 2 is 1.76 bits per heavy atom. The predicted molar refractivity (Wildman–Crippen MR) is 78.4 cm³/mol. The van der Waals surface area contributed by atoms with Crippen molar-refractivity contribution in [2.24, 2.45) is 0 Å². The van der Waals surface area contributed by atoms with Crippen LogP contribution in [-0.4, -0.2) is 18.8 Å². The van der Waals surface area contributed by atoms with Gasteiger partial charge in [0.05, 0.1) is 27.9 Å². The summed E-state index contributed by atoms with van der Waals surface area (Å²) < 4.78 is 6.46. The molecule has 1 aromatic rings. The van der Waals surface area contributed by atoms with Gasteiger partial charge < -0.3 is 10.1 Å². The van der Waals surface area contributed by atoms with Gasteiger partial charge in [-0.05, 0) is 32.9 Å². The zero-order valence-electron chi connectivity index (χ0n) is 10.1. The number of anilines is 1. The van der Waals surface area contributed by atoms with E-state index in [-0.39, 0.29) is 5.60 Å². The summed E-state index contributed by atoms with van der Waals surface area (Å²) in [6.07, 6.45) is 0. The van der Waals surface area contributed by atoms with Gasteiger partial charge in [-0.1, -0.05) is 39.1 Å². The zero-order valence-corrected chi connectivity index (χ0v) is 13.2. The maximum Gasteiger partial charge on any atom is 0.0720 e. The summed E-state index contributed by atoms with van der Waals surface area (Å²) in [6.45, 7) is 7.33. The minimum Gasteiger partial charge on any atom is -0.380 e. The van der Waals surface area contributed by atoms with Crippen LogP contribution in [-0.2, 0) is 4.74 Å². The molecule has 0 aliphatic heterocycles. The standard InChI is InChI=1S/C12H16BrCl2NO/c1-12(2,3)17-5-4-16-11-9(14)6-8(13)7-10(11)15/h6-7,16H,4-5H2,1-3H3. The van der Waals surface area contributed by atoms with E-state index >= 15 is 0 Å². The number of benzene rings is 1. The molecule has 0 bridgehead atoms. The molecule has 0 atom stereocenters. The van der Waals surface area contributed by atoms with Crippen molar-refractivity contribution in [2.75, 3.05) is 18.5 Å². The molecule has 5 heteroatoms. The monoisotopic (exact) mass is 339 g/mol. The molecule has 0 amide bonds. The number of rotatable bonds is 4. The van der Waals surface area contributed by atoms with Gasteiger partial charge in [0.25, 0.3) is 0 Å². The molecule has 2 nitrogen and oxygen atoms in total. The van der Waals surface area contributed by atoms with E-state index < -0.39 is 0 Å². The average molecular weight is 341 g/mol. The predicted octanol–water partition coefficient (Wildman–Crippen LogP) is 4.98. The van der Waals surface area contributed by atoms with Gasteiger partial charge in [0, 0.05) is 11.0 Å². The van der Waals surface area contributed by atoms with E-state index in [1.165, 1.54) is 0 Å². The fourth-order valence-electron chi connectivity index (χ4n) is 1.24. The summed E-state index contributed by atoms with van der Waals surface area (Å²) in [5.41, 5.74) is 0.615. The number of ether oxygens (including phenoxy) is 1. The highest BCUT2D eigenvalue weighted by molar-refractivity contribution is 9.10. The van der Waals surface area contributed by atoms with E-state index in [1.807, 2.05) is 20.8 Å². The average Bonchev–Trinajstić information content (AvgIpc) is 2.13. The van der Waals surface area contributed by atoms with E-state index in [9.17, 15) is 0 Å². The smallest absolute Gasteiger partial charge is 0.0720 e. The van der Waals surface area contributed by atoms with Gasteiger partial charge in [-0.15, -0.1) is 0 Å². The van der Waals surface area contributed by atoms with Crippen molar-refractivity contribution in [1.82, 2.24) is 0 Å². The van der Waals surface area contributed by atoms with Gasteiger partial charge in [-0.2, -0.15) is 0 Å². The minimum absolute atomic E-state index is 0.130. The highest BCUT2D eigenvalue weighted by Crippen LogP contribution is 2.33. The molecule has 0 saturated carbocycles. The second-order valence-electron chi connectivity index (χ2n) is 4.63. The Morgan fingerprint density at radius 1 is 1.24 bits per heavy atom. The molecule has 17 heavy (non-hydrogen) atoms. The van der Waals surface area contributed by atoms with Crippen LogP contribution in [0.15, 0.2) is 16.6 Å². The lowest BCUT2D eigenvalue weighted by Gasteiger charge is -2.20. The van der Waals surface area contributed by atoms with Crippen LogP contribution in [0.25, 0.3) is 0 Å². The number of hydrogen-bond donors (Lipinski definition) is 1. The van der Waals surface area contributed by atoms with Crippen molar-refractivity contribution in [3.8, 4) is 0 Å². The van der Waals surface area contributed by atoms with Gasteiger partial charge in [-0.3, -0.25) is 0 Å². The van der Waals surface area contributed by atoms with Gasteiger partial charge in [0.2, 0.25) is 0 Å². The molecular formula is C12H16BrCl2NO. The minimum atomic E-state index is -0.130. The van der Waals surface area contributed by atoms with Crippen LogP contribution >= 0.6 is 39.1 Å². The van der Waals surface area contributed by atoms with Crippen molar-refractivity contribution in [2.45, 2.75) is 26.4 Å². The third kappa shape index (κ3) is 5.47. The normalized spacial score (nSPS) is 11.6. The Morgan fingerprint density at radius 3 is 2.24 bits per heavy atom. The Labute approximate surface area is 121 Å². The second-order valence-corrected chi connectivity index (χ2v) is 6.36. The first kappa shape index (κ1) is 15.1. The van der Waals surface area contributed by atoms with Crippen molar-refractivity contribution >= 4 is 44.8 Å². The largest absolute Gasteiger partial charge is 0.380 e. The molecule has 0 radical (unpaired) electrons. The molecule has 0 aliphatic rings. The highest BCUT2D eigenvalue weighted by Gasteiger charge is 2.10. The van der Waals surface area contributed by atoms with Crippen LogP contribution in [0.4, 0.5) is 5.69 Å². The van der Waals surface area contributed by atoms with Crippen LogP contribution in [0, 0.1) is 0 Å². The lowest BCUT2D eigenvalue weighted by molar-refractivity contribution is 0.00334. The van der Waals surface area contributed by atoms with E-state index in [4.69, 9.17) is 27.9 Å². The van der Waals surface area contributed by atoms with Crippen molar-refractivity contribution in [3.05, 3.63) is 26.7 Å². The van der Waals surface area contributed by atoms with Crippen LogP contribution < -0.4 is 5.32 Å². The number of halogens is 3. The van der Waals surface area contributed by atoms with Gasteiger partial charge >= 0.3 is 0 Å². The molecule has 1 rings (SSSR count). The van der Waals surface area contributed by atoms with Gasteiger partial charge in [-0.25, -0.2) is 0 Å². The molecule has 0 unspecified atom stereocenters. The molecule has 0 saturated heterocycles. The van der Waals surface area contributed by atoms with Gasteiger partial charge in [0.15, 0.2) is 0 Å². The number of nitrogens with one attached hydrogen (secondary N) is 1. The van der Waals surface area contributed by atoms with Gasteiger partial charge in [0.1, 0.15) is 0 Å². The molecule has 0 aliphatic carbocycles. The summed E-state index contributed by atoms with van der Waals surface area (Å²) in [7, 11) is 0. The Kier molecular flexibility index (Phi) is 5.58. The van der Waals surface area contributed by atoms with E-state index in [0.29, 0.717) is 23.2 Å². The maximum absolute atomic E-state index is 6.09. The highest BCUT2D eigenvalue weighted by atomic mass is 79.9. The van der Waals surface area contributed by atoms with Crippen molar-refractivity contribution in [1.29, 1.82) is 0 Å². The molecular weight excluding hydrogens is 325 g/mol. The zero-order chi connectivity index (χ0) is 13.1. The first-order chi connectivity index (χ1) is 7.79. The fraction of sp³-hybridized carbons (Fsp3) is 0.500. The van der Waals surface area contributed by atoms with Crippen LogP contribution in [0.5, 0.6) is 0 Å². The Balaban J connectivity index is 2.53. The molecule has 0 heterocycles. The quantitative estimate of drug-likeness (QED) is 0.780. The summed E-state index contributed by atoms with van der Waals surface area (Å²) in [5.74, 6) is 0. The van der Waals surface area contributed by atoms with Crippen LogP contribution in [0.3, 0.4) is 0 Å². The molecule has 96 valence electrons. The summed E-state index contributed by atoms with van der Waals surface area (Å²) >= 11 is 15.5. The first-order valence-electron chi connectivity index (χ1n) is 5.32. The summed E-state index contributed by atoms with van der Waals surface area (Å²) in [5, 5.41) is 4.37. The Hall–Kier alpha value is 0.0400. The van der Waals surface area contributed by atoms with Crippen molar-refractivity contribution in [3.63, 3.8) is 0 Å². The van der Waals surface area contributed by atoms with E-state index in [1.54, 1.807) is 12.1 Å². The first-order valence-corrected chi connectivity index (χ1v) is 6.87.